The second kappa shape index (κ2) is 5.95. The Bertz CT molecular complexity index is 301. The lowest BCUT2D eigenvalue weighted by atomic mass is 9.70. The minimum absolute atomic E-state index is 0.428. The van der Waals surface area contributed by atoms with Crippen LogP contribution in [0.4, 0.5) is 0 Å². The molecule has 2 fully saturated rings. The Labute approximate surface area is 123 Å². The molecule has 1 heterocycles. The molecule has 0 aromatic heterocycles. The molecule has 2 unspecified atom stereocenters. The van der Waals surface area contributed by atoms with Gasteiger partial charge < -0.3 is 10.6 Å². The van der Waals surface area contributed by atoms with E-state index >= 15 is 0 Å². The summed E-state index contributed by atoms with van der Waals surface area (Å²) in [7, 11) is 0. The number of hydrogen-bond donors (Lipinski definition) is 1. The lowest BCUT2D eigenvalue weighted by Gasteiger charge is -2.41. The first kappa shape index (κ1) is 15.7. The highest BCUT2D eigenvalue weighted by atomic mass is 32.2. The van der Waals surface area contributed by atoms with E-state index in [2.05, 4.69) is 44.4 Å². The molecule has 0 spiro atoms. The smallest absolute Gasteiger partial charge is 0.0116 e. The number of rotatable bonds is 2. The monoisotopic (exact) mass is 284 g/mol. The Kier molecular flexibility index (Phi) is 4.90. The average Bonchev–Trinajstić information content (AvgIpc) is 2.46. The number of nitrogens with zero attached hydrogens (tertiary/aromatic N) is 1. The predicted octanol–water partition coefficient (Wildman–Crippen LogP) is 3.36. The van der Waals surface area contributed by atoms with Crippen molar-refractivity contribution in [1.82, 2.24) is 4.90 Å². The summed E-state index contributed by atoms with van der Waals surface area (Å²) < 4.78 is 0.461. The quantitative estimate of drug-likeness (QED) is 0.843. The highest BCUT2D eigenvalue weighted by Crippen LogP contribution is 2.39. The topological polar surface area (TPSA) is 29.3 Å². The van der Waals surface area contributed by atoms with E-state index < -0.39 is 0 Å². The summed E-state index contributed by atoms with van der Waals surface area (Å²) in [6.45, 7) is 13.3. The van der Waals surface area contributed by atoms with Gasteiger partial charge in [-0.1, -0.05) is 27.7 Å². The van der Waals surface area contributed by atoms with Crippen LogP contribution in [-0.4, -0.2) is 41.1 Å². The first-order valence-electron chi connectivity index (χ1n) is 7.89. The molecule has 19 heavy (non-hydrogen) atoms. The normalized spacial score (nSPS) is 35.8. The van der Waals surface area contributed by atoms with Gasteiger partial charge in [0.25, 0.3) is 0 Å². The van der Waals surface area contributed by atoms with Crippen molar-refractivity contribution in [3.63, 3.8) is 0 Å². The second-order valence-corrected chi connectivity index (χ2v) is 9.79. The van der Waals surface area contributed by atoms with Crippen molar-refractivity contribution < 1.29 is 0 Å². The zero-order chi connectivity index (χ0) is 14.1. The lowest BCUT2D eigenvalue weighted by Crippen LogP contribution is -2.45. The van der Waals surface area contributed by atoms with Crippen LogP contribution in [0.2, 0.25) is 0 Å². The first-order chi connectivity index (χ1) is 8.77. The van der Waals surface area contributed by atoms with Gasteiger partial charge in [-0.2, -0.15) is 11.8 Å². The van der Waals surface area contributed by atoms with Crippen LogP contribution in [0.1, 0.15) is 53.4 Å². The molecule has 1 saturated carbocycles. The van der Waals surface area contributed by atoms with Crippen molar-refractivity contribution in [1.29, 1.82) is 0 Å². The Hall–Kier alpha value is 0.270. The molecule has 0 aromatic rings. The van der Waals surface area contributed by atoms with Gasteiger partial charge in [0, 0.05) is 29.6 Å². The molecule has 1 aliphatic heterocycles. The number of nitrogens with two attached hydrogens (primary N) is 1. The zero-order valence-electron chi connectivity index (χ0n) is 13.2. The summed E-state index contributed by atoms with van der Waals surface area (Å²) in [5, 5.41) is 0. The SMILES string of the molecule is CC1(C)CCC(N)C(CN2CCSC(C)(C)CC2)C1. The Morgan fingerprint density at radius 3 is 2.63 bits per heavy atom. The number of thioether (sulfide) groups is 1. The van der Waals surface area contributed by atoms with E-state index in [0.29, 0.717) is 22.1 Å². The molecule has 112 valence electrons. The van der Waals surface area contributed by atoms with Crippen molar-refractivity contribution >= 4 is 11.8 Å². The van der Waals surface area contributed by atoms with Gasteiger partial charge in [-0.3, -0.25) is 0 Å². The van der Waals surface area contributed by atoms with Crippen LogP contribution in [-0.2, 0) is 0 Å². The van der Waals surface area contributed by atoms with Gasteiger partial charge in [0.1, 0.15) is 0 Å². The van der Waals surface area contributed by atoms with E-state index in [0.717, 1.165) is 0 Å². The molecule has 3 heteroatoms. The summed E-state index contributed by atoms with van der Waals surface area (Å²) in [6.07, 6.45) is 5.13. The molecular formula is C16H32N2S. The van der Waals surface area contributed by atoms with E-state index in [9.17, 15) is 0 Å². The van der Waals surface area contributed by atoms with Gasteiger partial charge >= 0.3 is 0 Å². The summed E-state index contributed by atoms with van der Waals surface area (Å²) in [5.74, 6) is 1.98. The predicted molar refractivity (Wildman–Crippen MR) is 86.7 cm³/mol. The van der Waals surface area contributed by atoms with Crippen LogP contribution in [0.3, 0.4) is 0 Å². The van der Waals surface area contributed by atoms with Crippen molar-refractivity contribution in [2.75, 3.05) is 25.4 Å². The minimum Gasteiger partial charge on any atom is -0.327 e. The van der Waals surface area contributed by atoms with E-state index in [1.807, 2.05) is 0 Å². The van der Waals surface area contributed by atoms with E-state index in [-0.39, 0.29) is 0 Å². The molecule has 0 amide bonds. The van der Waals surface area contributed by atoms with Gasteiger partial charge in [-0.15, -0.1) is 0 Å². The highest BCUT2D eigenvalue weighted by molar-refractivity contribution is 8.00. The van der Waals surface area contributed by atoms with Gasteiger partial charge in [0.05, 0.1) is 0 Å². The maximum absolute atomic E-state index is 6.38. The Balaban J connectivity index is 1.89. The lowest BCUT2D eigenvalue weighted by molar-refractivity contribution is 0.117. The third kappa shape index (κ3) is 4.64. The molecule has 0 aromatic carbocycles. The van der Waals surface area contributed by atoms with Crippen LogP contribution < -0.4 is 5.73 Å². The largest absolute Gasteiger partial charge is 0.327 e. The Morgan fingerprint density at radius 1 is 1.16 bits per heavy atom. The van der Waals surface area contributed by atoms with Crippen LogP contribution in [0.5, 0.6) is 0 Å². The first-order valence-corrected chi connectivity index (χ1v) is 8.88. The average molecular weight is 285 g/mol. The summed E-state index contributed by atoms with van der Waals surface area (Å²) in [6, 6.07) is 0.428. The fourth-order valence-electron chi connectivity index (χ4n) is 3.53. The van der Waals surface area contributed by atoms with E-state index in [1.54, 1.807) is 0 Å². The fraction of sp³-hybridized carbons (Fsp3) is 1.00. The highest BCUT2D eigenvalue weighted by Gasteiger charge is 2.34. The number of hydrogen-bond acceptors (Lipinski definition) is 3. The molecular weight excluding hydrogens is 252 g/mol. The van der Waals surface area contributed by atoms with Gasteiger partial charge in [0.2, 0.25) is 0 Å². The van der Waals surface area contributed by atoms with E-state index in [1.165, 1.54) is 51.1 Å². The van der Waals surface area contributed by atoms with Crippen molar-refractivity contribution in [3.05, 3.63) is 0 Å². The van der Waals surface area contributed by atoms with Crippen molar-refractivity contribution in [2.45, 2.75) is 64.2 Å². The standard InChI is InChI=1S/C16H32N2S/c1-15(2)6-5-14(17)13(11-15)12-18-8-7-16(3,4)19-10-9-18/h13-14H,5-12,17H2,1-4H3. The van der Waals surface area contributed by atoms with Crippen LogP contribution in [0.25, 0.3) is 0 Å². The molecule has 2 atom stereocenters. The van der Waals surface area contributed by atoms with Crippen LogP contribution >= 0.6 is 11.8 Å². The molecule has 1 saturated heterocycles. The summed E-state index contributed by atoms with van der Waals surface area (Å²) in [5.41, 5.74) is 6.88. The third-order valence-corrected chi connectivity index (χ3v) is 6.37. The minimum atomic E-state index is 0.428. The van der Waals surface area contributed by atoms with Gasteiger partial charge in [0.15, 0.2) is 0 Å². The van der Waals surface area contributed by atoms with Crippen molar-refractivity contribution in [2.24, 2.45) is 17.1 Å². The molecule has 2 rings (SSSR count). The maximum Gasteiger partial charge on any atom is 0.0116 e. The Morgan fingerprint density at radius 2 is 1.89 bits per heavy atom. The maximum atomic E-state index is 6.38. The molecule has 2 nitrogen and oxygen atoms in total. The molecule has 0 radical (unpaired) electrons. The third-order valence-electron chi connectivity index (χ3n) is 5.00. The molecule has 2 aliphatic rings. The summed E-state index contributed by atoms with van der Waals surface area (Å²) in [4.78, 5) is 2.67. The molecule has 2 N–H and O–H groups in total. The molecule has 1 aliphatic carbocycles. The second-order valence-electron chi connectivity index (χ2n) is 7.99. The van der Waals surface area contributed by atoms with Crippen molar-refractivity contribution in [3.8, 4) is 0 Å². The zero-order valence-corrected chi connectivity index (χ0v) is 14.1. The molecule has 0 bridgehead atoms. The fourth-order valence-corrected chi connectivity index (χ4v) is 4.67. The van der Waals surface area contributed by atoms with Gasteiger partial charge in [-0.25, -0.2) is 0 Å². The van der Waals surface area contributed by atoms with E-state index in [4.69, 9.17) is 5.73 Å². The van der Waals surface area contributed by atoms with Crippen LogP contribution in [0, 0.1) is 11.3 Å². The van der Waals surface area contributed by atoms with Gasteiger partial charge in [-0.05, 0) is 43.6 Å². The van der Waals surface area contributed by atoms with Crippen LogP contribution in [0.15, 0.2) is 0 Å². The summed E-state index contributed by atoms with van der Waals surface area (Å²) >= 11 is 2.13.